The van der Waals surface area contributed by atoms with E-state index in [2.05, 4.69) is 0 Å². The van der Waals surface area contributed by atoms with Gasteiger partial charge in [0.05, 0.1) is 32.1 Å². The Hall–Kier alpha value is -6.23. The zero-order valence-corrected chi connectivity index (χ0v) is 26.0. The van der Waals surface area contributed by atoms with Crippen molar-refractivity contribution < 1.29 is 26.3 Å². The number of benzene rings is 8. The number of hydrogen-bond donors (Lipinski definition) is 0. The van der Waals surface area contributed by atoms with Gasteiger partial charge in [0.25, 0.3) is 0 Å². The molecule has 0 aliphatic heterocycles. The van der Waals surface area contributed by atoms with Crippen LogP contribution in [-0.4, -0.2) is 4.98 Å². The topological polar surface area (TPSA) is 29.3 Å². The lowest BCUT2D eigenvalue weighted by Gasteiger charge is -2.26. The molecule has 0 aliphatic rings. The van der Waals surface area contributed by atoms with E-state index in [0.717, 1.165) is 41.8 Å². The molecule has 0 saturated heterocycles. The third kappa shape index (κ3) is 4.61. The van der Waals surface area contributed by atoms with Crippen LogP contribution in [-0.2, 0) is 0 Å². The first-order chi connectivity index (χ1) is 30.9. The van der Waals surface area contributed by atoms with E-state index in [9.17, 15) is 5.48 Å². The van der Waals surface area contributed by atoms with Crippen molar-refractivity contribution in [3.05, 3.63) is 169 Å². The Morgan fingerprint density at radius 1 is 0.571 bits per heavy atom. The fourth-order valence-electron chi connectivity index (χ4n) is 6.13. The zero-order chi connectivity index (χ0) is 46.2. The van der Waals surface area contributed by atoms with Crippen LogP contribution >= 0.6 is 11.3 Å². The molecule has 4 heteroatoms. The summed E-state index contributed by atoms with van der Waals surface area (Å²) in [6, 6.07) is 11.1. The van der Waals surface area contributed by atoms with Gasteiger partial charge >= 0.3 is 0 Å². The molecular formula is C45H28N2OS. The van der Waals surface area contributed by atoms with Gasteiger partial charge in [0.2, 0.25) is 0 Å². The van der Waals surface area contributed by atoms with Crippen LogP contribution in [0.5, 0.6) is 0 Å². The van der Waals surface area contributed by atoms with Gasteiger partial charge in [0, 0.05) is 44.3 Å². The van der Waals surface area contributed by atoms with Gasteiger partial charge in [-0.15, -0.1) is 11.3 Å². The average molecular weight is 661 g/mol. The van der Waals surface area contributed by atoms with Crippen molar-refractivity contribution in [3.63, 3.8) is 0 Å². The lowest BCUT2D eigenvalue weighted by Crippen LogP contribution is -2.09. The first kappa shape index (κ1) is 16.2. The highest BCUT2D eigenvalue weighted by molar-refractivity contribution is 7.22. The molecule has 49 heavy (non-hydrogen) atoms. The predicted octanol–water partition coefficient (Wildman–Crippen LogP) is 13.3. The summed E-state index contributed by atoms with van der Waals surface area (Å²) in [7, 11) is 0. The van der Waals surface area contributed by atoms with Crippen LogP contribution < -0.4 is 4.90 Å². The number of fused-ring (bicyclic) bond motifs is 8. The molecule has 10 rings (SSSR count). The molecule has 0 radical (unpaired) electrons. The Labute approximate surface area is 309 Å². The summed E-state index contributed by atoms with van der Waals surface area (Å²) in [5, 5.41) is 3.26. The Morgan fingerprint density at radius 2 is 1.31 bits per heavy atom. The standard InChI is InChI=1S/C45H28N2OS/c1-3-10-32(11-4-1)45-46-40-27-23-31-19-18-30-22-26-35(28-39(30)42(31)44(40)49-45)47(33-12-5-2-6-13-33)34-24-20-29(21-25-34)36-15-9-16-38-37-14-7-8-17-41(37)48-43(36)38/h1-28H/i2D,5D,6D,7D,8D,9D,12D,13D,14D,15D,16D,17D,20D,21D,24D,25D. The lowest BCUT2D eigenvalue weighted by atomic mass is 10.00. The molecule has 0 amide bonds. The monoisotopic (exact) mass is 660 g/mol. The van der Waals surface area contributed by atoms with E-state index in [1.165, 1.54) is 11.3 Å². The first-order valence-corrected chi connectivity index (χ1v) is 16.0. The summed E-state index contributed by atoms with van der Waals surface area (Å²) in [5.74, 6) is 0. The Balaban J connectivity index is 1.29. The summed E-state index contributed by atoms with van der Waals surface area (Å²) >= 11 is 1.48. The molecular weight excluding hydrogens is 617 g/mol. The highest BCUT2D eigenvalue weighted by atomic mass is 32.1. The number of rotatable bonds is 5. The summed E-state index contributed by atoms with van der Waals surface area (Å²) < 4.78 is 149. The van der Waals surface area contributed by atoms with E-state index in [1.54, 1.807) is 18.2 Å². The second kappa shape index (κ2) is 11.2. The summed E-state index contributed by atoms with van der Waals surface area (Å²) in [6.45, 7) is 0. The fourth-order valence-corrected chi connectivity index (χ4v) is 7.26. The molecule has 8 aromatic carbocycles. The molecule has 0 N–H and O–H groups in total. The molecule has 0 saturated carbocycles. The number of hydrogen-bond acceptors (Lipinski definition) is 4. The van der Waals surface area contributed by atoms with Crippen LogP contribution in [0.2, 0.25) is 0 Å². The Kier molecular flexibility index (Phi) is 3.71. The second-order valence-electron chi connectivity index (χ2n) is 11.2. The fraction of sp³-hybridized carbons (Fsp3) is 0. The minimum Gasteiger partial charge on any atom is -0.455 e. The van der Waals surface area contributed by atoms with E-state index in [4.69, 9.17) is 25.9 Å². The van der Waals surface area contributed by atoms with Crippen LogP contribution in [0.4, 0.5) is 17.1 Å². The van der Waals surface area contributed by atoms with E-state index >= 15 is 0 Å². The van der Waals surface area contributed by atoms with Gasteiger partial charge in [0.15, 0.2) is 0 Å². The van der Waals surface area contributed by atoms with Crippen LogP contribution in [0.1, 0.15) is 21.9 Å². The number of thiazole rings is 1. The average Bonchev–Trinajstić information content (AvgIpc) is 3.94. The molecule has 2 aromatic heterocycles. The maximum absolute atomic E-state index is 9.56. The largest absolute Gasteiger partial charge is 0.455 e. The normalized spacial score (nSPS) is 16.2. The number of anilines is 3. The maximum atomic E-state index is 9.56. The Morgan fingerprint density at radius 3 is 2.18 bits per heavy atom. The third-order valence-electron chi connectivity index (χ3n) is 8.35. The van der Waals surface area contributed by atoms with Gasteiger partial charge in [-0.25, -0.2) is 4.98 Å². The minimum absolute atomic E-state index is 0.109. The number of furan rings is 1. The van der Waals surface area contributed by atoms with Gasteiger partial charge < -0.3 is 9.32 Å². The van der Waals surface area contributed by atoms with E-state index < -0.39 is 130 Å². The lowest BCUT2D eigenvalue weighted by molar-refractivity contribution is 0.670. The van der Waals surface area contributed by atoms with E-state index in [-0.39, 0.29) is 16.5 Å². The predicted molar refractivity (Wildman–Crippen MR) is 207 cm³/mol. The van der Waals surface area contributed by atoms with Crippen molar-refractivity contribution in [2.45, 2.75) is 0 Å². The SMILES string of the molecule is [2H]c1c([2H])c([2H])c(N(c2ccc3ccc4ccc5nc(-c6ccccc6)sc5c4c3c2)c2c([2H])c([2H])c(-c3c([2H])c([2H])c([2H])c4c3oc3c([2H])c([2H])c([2H])c([2H])c34)c([2H])c2[2H])c([2H])c1[2H]. The highest BCUT2D eigenvalue weighted by Crippen LogP contribution is 2.43. The van der Waals surface area contributed by atoms with Crippen LogP contribution in [0.3, 0.4) is 0 Å². The molecule has 0 spiro atoms. The molecule has 0 bridgehead atoms. The molecule has 10 aromatic rings. The quantitative estimate of drug-likeness (QED) is 0.172. The smallest absolute Gasteiger partial charge is 0.143 e. The zero-order valence-electron chi connectivity index (χ0n) is 41.1. The van der Waals surface area contributed by atoms with Gasteiger partial charge in [0.1, 0.15) is 16.2 Å². The highest BCUT2D eigenvalue weighted by Gasteiger charge is 2.17. The first-order valence-electron chi connectivity index (χ1n) is 23.2. The van der Waals surface area contributed by atoms with Gasteiger partial charge in [-0.1, -0.05) is 121 Å². The summed E-state index contributed by atoms with van der Waals surface area (Å²) in [5.41, 5.74) is -1.13. The number of aromatic nitrogens is 1. The second-order valence-corrected chi connectivity index (χ2v) is 12.2. The van der Waals surface area contributed by atoms with Crippen LogP contribution in [0, 0.1) is 0 Å². The third-order valence-corrected chi connectivity index (χ3v) is 9.49. The molecule has 2 heterocycles. The molecule has 0 atom stereocenters. The molecule has 3 nitrogen and oxygen atoms in total. The van der Waals surface area contributed by atoms with E-state index in [0.29, 0.717) is 5.39 Å². The van der Waals surface area contributed by atoms with Crippen molar-refractivity contribution >= 4 is 82.1 Å². The van der Waals surface area contributed by atoms with Gasteiger partial charge in [-0.3, -0.25) is 0 Å². The number of para-hydroxylation sites is 3. The van der Waals surface area contributed by atoms with Crippen molar-refractivity contribution in [2.24, 2.45) is 0 Å². The van der Waals surface area contributed by atoms with E-state index in [1.807, 2.05) is 54.6 Å². The minimum atomic E-state index is -0.795. The van der Waals surface area contributed by atoms with Crippen molar-refractivity contribution in [3.8, 4) is 21.7 Å². The molecule has 0 aliphatic carbocycles. The van der Waals surface area contributed by atoms with Crippen molar-refractivity contribution in [1.82, 2.24) is 4.98 Å². The maximum Gasteiger partial charge on any atom is 0.143 e. The summed E-state index contributed by atoms with van der Waals surface area (Å²) in [4.78, 5) is 6.01. The number of nitrogens with zero attached hydrogens (tertiary/aromatic N) is 2. The Bertz CT molecular complexity index is 3700. The van der Waals surface area contributed by atoms with Crippen molar-refractivity contribution in [1.29, 1.82) is 0 Å². The molecule has 0 fully saturated rings. The molecule has 0 unspecified atom stereocenters. The van der Waals surface area contributed by atoms with Gasteiger partial charge in [-0.05, 0) is 70.1 Å². The van der Waals surface area contributed by atoms with Gasteiger partial charge in [-0.2, -0.15) is 0 Å². The summed E-state index contributed by atoms with van der Waals surface area (Å²) in [6.07, 6.45) is 0. The van der Waals surface area contributed by atoms with Crippen molar-refractivity contribution in [2.75, 3.05) is 4.90 Å². The molecule has 230 valence electrons. The van der Waals surface area contributed by atoms with Crippen LogP contribution in [0.25, 0.3) is 75.4 Å². The van der Waals surface area contributed by atoms with Crippen LogP contribution in [0.15, 0.2) is 174 Å².